The van der Waals surface area contributed by atoms with E-state index >= 15 is 0 Å². The van der Waals surface area contributed by atoms with Crippen molar-refractivity contribution in [1.82, 2.24) is 15.3 Å². The lowest BCUT2D eigenvalue weighted by Crippen LogP contribution is -2.45. The number of carbonyl (C=O) groups is 1. The molecule has 1 aromatic heterocycles. The minimum absolute atomic E-state index is 0.131. The fourth-order valence-corrected chi connectivity index (χ4v) is 4.23. The van der Waals surface area contributed by atoms with E-state index in [1.807, 2.05) is 6.07 Å². The van der Waals surface area contributed by atoms with E-state index in [0.717, 1.165) is 35.2 Å². The first-order valence-corrected chi connectivity index (χ1v) is 9.01. The molecule has 0 aliphatic carbocycles. The zero-order valence-corrected chi connectivity index (χ0v) is 14.3. The van der Waals surface area contributed by atoms with Gasteiger partial charge in [0.05, 0.1) is 0 Å². The van der Waals surface area contributed by atoms with Crippen LogP contribution in [-0.4, -0.2) is 35.0 Å². The molecule has 1 amide bonds. The van der Waals surface area contributed by atoms with Crippen LogP contribution in [0, 0.1) is 11.7 Å². The van der Waals surface area contributed by atoms with Crippen LogP contribution < -0.4 is 16.0 Å². The van der Waals surface area contributed by atoms with Crippen LogP contribution in [0.25, 0.3) is 0 Å². The van der Waals surface area contributed by atoms with Gasteiger partial charge in [0.15, 0.2) is 0 Å². The molecule has 2 fully saturated rings. The lowest BCUT2D eigenvalue weighted by atomic mass is 9.93. The Hall–Kier alpha value is -2.35. The number of piperidine rings is 1. The van der Waals surface area contributed by atoms with E-state index in [1.54, 1.807) is 12.1 Å². The van der Waals surface area contributed by atoms with Gasteiger partial charge in [-0.2, -0.15) is 4.98 Å². The predicted octanol–water partition coefficient (Wildman–Crippen LogP) is 2.06. The van der Waals surface area contributed by atoms with Crippen LogP contribution >= 0.6 is 11.8 Å². The molecule has 0 radical (unpaired) electrons. The van der Waals surface area contributed by atoms with Crippen LogP contribution in [0.1, 0.15) is 12.8 Å². The number of nitrogens with zero attached hydrogens (tertiary/aromatic N) is 3. The van der Waals surface area contributed by atoms with Gasteiger partial charge in [0, 0.05) is 42.4 Å². The highest BCUT2D eigenvalue weighted by Crippen LogP contribution is 2.32. The average Bonchev–Trinajstić information content (AvgIpc) is 2.95. The van der Waals surface area contributed by atoms with Crippen molar-refractivity contribution >= 4 is 29.4 Å². The fraction of sp³-hybridized carbons (Fsp3) is 0.353. The Bertz CT molecular complexity index is 800. The first-order valence-electron chi connectivity index (χ1n) is 8.19. The minimum atomic E-state index is -0.269. The molecule has 4 rings (SSSR count). The van der Waals surface area contributed by atoms with Crippen LogP contribution in [0.4, 0.5) is 16.2 Å². The van der Waals surface area contributed by atoms with Gasteiger partial charge in [0.2, 0.25) is 11.9 Å². The van der Waals surface area contributed by atoms with Crippen molar-refractivity contribution in [2.45, 2.75) is 28.8 Å². The monoisotopic (exact) mass is 359 g/mol. The molecular weight excluding hydrogens is 341 g/mol. The number of nitrogen functional groups attached to an aromatic ring is 1. The molecule has 3 heterocycles. The summed E-state index contributed by atoms with van der Waals surface area (Å²) < 4.78 is 13.0. The summed E-state index contributed by atoms with van der Waals surface area (Å²) >= 11 is 1.42. The Balaban J connectivity index is 1.53. The Labute approximate surface area is 149 Å². The van der Waals surface area contributed by atoms with Crippen LogP contribution in [0.15, 0.2) is 40.3 Å². The molecule has 3 N–H and O–H groups in total. The Morgan fingerprint density at radius 3 is 2.88 bits per heavy atom. The Morgan fingerprint density at radius 1 is 1.28 bits per heavy atom. The third-order valence-electron chi connectivity index (χ3n) is 4.59. The van der Waals surface area contributed by atoms with Crippen molar-refractivity contribution in [1.29, 1.82) is 0 Å². The summed E-state index contributed by atoms with van der Waals surface area (Å²) in [6.45, 7) is 1.60. The smallest absolute Gasteiger partial charge is 0.223 e. The van der Waals surface area contributed by atoms with E-state index in [9.17, 15) is 9.18 Å². The number of amides is 1. The Morgan fingerprint density at radius 2 is 2.08 bits per heavy atom. The number of hydrogen-bond acceptors (Lipinski definition) is 6. The maximum absolute atomic E-state index is 13.0. The fourth-order valence-electron chi connectivity index (χ4n) is 3.41. The highest BCUT2D eigenvalue weighted by atomic mass is 32.2. The molecule has 25 heavy (non-hydrogen) atoms. The molecule has 2 aromatic rings. The molecule has 2 saturated heterocycles. The molecule has 2 aliphatic heterocycles. The van der Waals surface area contributed by atoms with Crippen LogP contribution in [0.3, 0.4) is 0 Å². The van der Waals surface area contributed by atoms with Gasteiger partial charge >= 0.3 is 0 Å². The number of benzene rings is 1. The summed E-state index contributed by atoms with van der Waals surface area (Å²) in [5.41, 5.74) is 5.88. The normalized spacial score (nSPS) is 22.6. The molecular formula is C17H18FN5OS. The number of aromatic nitrogens is 2. The summed E-state index contributed by atoms with van der Waals surface area (Å²) in [5.74, 6) is 1.16. The number of anilines is 2. The number of rotatable bonds is 3. The van der Waals surface area contributed by atoms with Crippen molar-refractivity contribution in [3.8, 4) is 0 Å². The SMILES string of the molecule is Nc1nc(Sc2ccc(F)cc2)cc(N2CC[C@@H]3NC(=O)C[C@@H]3C2)n1. The number of fused-ring (bicyclic) bond motifs is 1. The summed E-state index contributed by atoms with van der Waals surface area (Å²) in [5, 5.41) is 3.75. The molecule has 0 bridgehead atoms. The highest BCUT2D eigenvalue weighted by Gasteiger charge is 2.37. The number of hydrogen-bond donors (Lipinski definition) is 2. The van der Waals surface area contributed by atoms with E-state index in [4.69, 9.17) is 5.73 Å². The van der Waals surface area contributed by atoms with E-state index in [1.165, 1.54) is 23.9 Å². The quantitative estimate of drug-likeness (QED) is 0.816. The second-order valence-corrected chi connectivity index (χ2v) is 7.45. The van der Waals surface area contributed by atoms with Gasteiger partial charge in [-0.3, -0.25) is 4.79 Å². The van der Waals surface area contributed by atoms with Gasteiger partial charge in [-0.15, -0.1) is 0 Å². The summed E-state index contributed by atoms with van der Waals surface area (Å²) in [7, 11) is 0. The van der Waals surface area contributed by atoms with Gasteiger partial charge in [0.1, 0.15) is 16.7 Å². The molecule has 2 atom stereocenters. The van der Waals surface area contributed by atoms with Gasteiger partial charge in [-0.1, -0.05) is 11.8 Å². The highest BCUT2D eigenvalue weighted by molar-refractivity contribution is 7.99. The predicted molar refractivity (Wildman–Crippen MR) is 93.8 cm³/mol. The largest absolute Gasteiger partial charge is 0.368 e. The molecule has 2 aliphatic rings. The lowest BCUT2D eigenvalue weighted by Gasteiger charge is -2.35. The summed E-state index contributed by atoms with van der Waals surface area (Å²) in [6, 6.07) is 8.43. The zero-order valence-electron chi connectivity index (χ0n) is 13.5. The molecule has 0 spiro atoms. The standard InChI is InChI=1S/C17H18FN5OS/c18-11-1-3-12(4-2-11)25-16-8-14(21-17(19)22-16)23-6-5-13-10(9-23)7-15(24)20-13/h1-4,8,10,13H,5-7,9H2,(H,20,24)(H2,19,21,22)/t10-,13+/m1/s1. The number of halogens is 1. The van der Waals surface area contributed by atoms with Crippen molar-refractivity contribution in [2.24, 2.45) is 5.92 Å². The summed E-state index contributed by atoms with van der Waals surface area (Å²) in [4.78, 5) is 23.3. The lowest BCUT2D eigenvalue weighted by molar-refractivity contribution is -0.119. The minimum Gasteiger partial charge on any atom is -0.368 e. The Kier molecular flexibility index (Phi) is 4.20. The van der Waals surface area contributed by atoms with Gasteiger partial charge in [-0.25, -0.2) is 9.37 Å². The number of nitrogens with two attached hydrogens (primary N) is 1. The summed E-state index contributed by atoms with van der Waals surface area (Å²) in [6.07, 6.45) is 1.47. The average molecular weight is 359 g/mol. The van der Waals surface area contributed by atoms with Crippen molar-refractivity contribution in [3.05, 3.63) is 36.1 Å². The molecule has 0 unspecified atom stereocenters. The van der Waals surface area contributed by atoms with Crippen molar-refractivity contribution < 1.29 is 9.18 Å². The third kappa shape index (κ3) is 3.53. The van der Waals surface area contributed by atoms with E-state index in [2.05, 4.69) is 20.2 Å². The number of nitrogens with one attached hydrogen (secondary N) is 1. The van der Waals surface area contributed by atoms with Crippen LogP contribution in [0.2, 0.25) is 0 Å². The third-order valence-corrected chi connectivity index (χ3v) is 5.52. The van der Waals surface area contributed by atoms with Gasteiger partial charge in [-0.05, 0) is 30.7 Å². The zero-order chi connectivity index (χ0) is 17.4. The second-order valence-electron chi connectivity index (χ2n) is 6.35. The maximum atomic E-state index is 13.0. The van der Waals surface area contributed by atoms with E-state index < -0.39 is 0 Å². The van der Waals surface area contributed by atoms with Crippen LogP contribution in [-0.2, 0) is 4.79 Å². The van der Waals surface area contributed by atoms with Crippen molar-refractivity contribution in [3.63, 3.8) is 0 Å². The molecule has 130 valence electrons. The first kappa shape index (κ1) is 16.1. The molecule has 1 aromatic carbocycles. The maximum Gasteiger partial charge on any atom is 0.223 e. The molecule has 0 saturated carbocycles. The van der Waals surface area contributed by atoms with Crippen LogP contribution in [0.5, 0.6) is 0 Å². The van der Waals surface area contributed by atoms with Crippen molar-refractivity contribution in [2.75, 3.05) is 23.7 Å². The van der Waals surface area contributed by atoms with E-state index in [-0.39, 0.29) is 23.7 Å². The van der Waals surface area contributed by atoms with E-state index in [0.29, 0.717) is 12.3 Å². The molecule has 6 nitrogen and oxygen atoms in total. The first-order chi connectivity index (χ1) is 12.1. The second kappa shape index (κ2) is 6.51. The van der Waals surface area contributed by atoms with Gasteiger partial charge < -0.3 is 16.0 Å². The molecule has 8 heteroatoms. The van der Waals surface area contributed by atoms with Gasteiger partial charge in [0.25, 0.3) is 0 Å². The number of carbonyl (C=O) groups excluding carboxylic acids is 1. The topological polar surface area (TPSA) is 84.1 Å².